The van der Waals surface area contributed by atoms with Crippen molar-refractivity contribution in [3.05, 3.63) is 95.6 Å². The molecule has 0 fully saturated rings. The molecule has 158 valence electrons. The van der Waals surface area contributed by atoms with Crippen molar-refractivity contribution in [2.45, 2.75) is 19.8 Å². The summed E-state index contributed by atoms with van der Waals surface area (Å²) < 4.78 is 5.16. The lowest BCUT2D eigenvalue weighted by Gasteiger charge is -2.11. The molecule has 0 aliphatic rings. The number of hydrogen-bond acceptors (Lipinski definition) is 4. The summed E-state index contributed by atoms with van der Waals surface area (Å²) in [5.41, 5.74) is 3.13. The predicted molar refractivity (Wildman–Crippen MR) is 120 cm³/mol. The van der Waals surface area contributed by atoms with E-state index in [1.807, 2.05) is 55.5 Å². The van der Waals surface area contributed by atoms with E-state index in [2.05, 4.69) is 10.6 Å². The molecule has 0 unspecified atom stereocenters. The van der Waals surface area contributed by atoms with Gasteiger partial charge in [0, 0.05) is 5.69 Å². The second kappa shape index (κ2) is 10.7. The summed E-state index contributed by atoms with van der Waals surface area (Å²) >= 11 is 0. The van der Waals surface area contributed by atoms with Gasteiger partial charge in [-0.2, -0.15) is 0 Å². The highest BCUT2D eigenvalue weighted by Crippen LogP contribution is 2.17. The Morgan fingerprint density at radius 1 is 0.774 bits per heavy atom. The number of para-hydroxylation sites is 1. The van der Waals surface area contributed by atoms with Crippen LogP contribution in [0.5, 0.6) is 0 Å². The summed E-state index contributed by atoms with van der Waals surface area (Å²) in [5, 5.41) is 5.45. The number of anilines is 2. The second-order valence-electron chi connectivity index (χ2n) is 6.93. The molecule has 6 nitrogen and oxygen atoms in total. The van der Waals surface area contributed by atoms with Crippen molar-refractivity contribution in [3.8, 4) is 0 Å². The Bertz CT molecular complexity index is 1060. The minimum atomic E-state index is -0.687. The fourth-order valence-electron chi connectivity index (χ4n) is 3.02. The number of carbonyl (C=O) groups is 3. The van der Waals surface area contributed by atoms with E-state index in [4.69, 9.17) is 4.74 Å². The number of benzene rings is 3. The van der Waals surface area contributed by atoms with E-state index in [0.717, 1.165) is 17.5 Å². The maximum Gasteiger partial charge on any atom is 0.340 e. The molecule has 0 aliphatic carbocycles. The van der Waals surface area contributed by atoms with Crippen molar-refractivity contribution in [1.82, 2.24) is 0 Å². The summed E-state index contributed by atoms with van der Waals surface area (Å²) in [6.07, 6.45) is 1.04. The summed E-state index contributed by atoms with van der Waals surface area (Å²) in [6.45, 7) is 1.60. The number of esters is 1. The minimum Gasteiger partial charge on any atom is -0.452 e. The van der Waals surface area contributed by atoms with Crippen LogP contribution in [0.4, 0.5) is 11.4 Å². The number of nitrogens with one attached hydrogen (secondary N) is 2. The van der Waals surface area contributed by atoms with Crippen LogP contribution in [0.25, 0.3) is 0 Å². The van der Waals surface area contributed by atoms with E-state index < -0.39 is 18.5 Å². The third-order valence-corrected chi connectivity index (χ3v) is 4.58. The van der Waals surface area contributed by atoms with Crippen LogP contribution in [0.2, 0.25) is 0 Å². The summed E-state index contributed by atoms with van der Waals surface area (Å²) in [6, 6.07) is 23.3. The molecule has 0 heterocycles. The first-order valence-corrected chi connectivity index (χ1v) is 10.0. The second-order valence-corrected chi connectivity index (χ2v) is 6.93. The maximum atomic E-state index is 12.5. The zero-order valence-corrected chi connectivity index (χ0v) is 17.3. The Hall–Kier alpha value is -3.93. The number of rotatable bonds is 8. The van der Waals surface area contributed by atoms with Crippen LogP contribution in [0.3, 0.4) is 0 Å². The van der Waals surface area contributed by atoms with Crippen molar-refractivity contribution in [1.29, 1.82) is 0 Å². The molecule has 0 radical (unpaired) electrons. The van der Waals surface area contributed by atoms with Gasteiger partial charge in [-0.25, -0.2) is 4.79 Å². The average molecular weight is 416 g/mol. The predicted octanol–water partition coefficient (Wildman–Crippen LogP) is 4.23. The van der Waals surface area contributed by atoms with Crippen molar-refractivity contribution < 1.29 is 19.1 Å². The lowest BCUT2D eigenvalue weighted by Crippen LogP contribution is -2.22. The maximum absolute atomic E-state index is 12.5. The van der Waals surface area contributed by atoms with E-state index in [1.165, 1.54) is 0 Å². The first-order valence-electron chi connectivity index (χ1n) is 10.0. The van der Waals surface area contributed by atoms with E-state index in [0.29, 0.717) is 11.4 Å². The third kappa shape index (κ3) is 6.54. The molecule has 2 N–H and O–H groups in total. The molecule has 3 aromatic rings. The van der Waals surface area contributed by atoms with Crippen LogP contribution < -0.4 is 10.6 Å². The van der Waals surface area contributed by atoms with Gasteiger partial charge in [0.05, 0.1) is 17.7 Å². The lowest BCUT2D eigenvalue weighted by molar-refractivity contribution is -0.119. The van der Waals surface area contributed by atoms with Crippen LogP contribution in [0.1, 0.15) is 28.4 Å². The van der Waals surface area contributed by atoms with Gasteiger partial charge in [0.1, 0.15) is 0 Å². The third-order valence-electron chi connectivity index (χ3n) is 4.58. The number of ether oxygens (including phenoxy) is 1. The fourth-order valence-corrected chi connectivity index (χ4v) is 3.02. The monoisotopic (exact) mass is 416 g/mol. The number of carbonyl (C=O) groups excluding carboxylic acids is 3. The molecule has 0 aromatic heterocycles. The van der Waals surface area contributed by atoms with Gasteiger partial charge in [-0.1, -0.05) is 61.5 Å². The van der Waals surface area contributed by atoms with Crippen LogP contribution >= 0.6 is 0 Å². The Balaban J connectivity index is 1.57. The van der Waals surface area contributed by atoms with E-state index in [9.17, 15) is 14.4 Å². The largest absolute Gasteiger partial charge is 0.452 e. The molecule has 0 saturated carbocycles. The van der Waals surface area contributed by atoms with Gasteiger partial charge in [-0.15, -0.1) is 0 Å². The molecular formula is C25H24N2O4. The Labute approximate surface area is 181 Å². The van der Waals surface area contributed by atoms with Crippen LogP contribution in [0, 0.1) is 0 Å². The smallest absolute Gasteiger partial charge is 0.340 e. The van der Waals surface area contributed by atoms with Crippen molar-refractivity contribution >= 4 is 29.2 Å². The Kier molecular flexibility index (Phi) is 7.54. The van der Waals surface area contributed by atoms with Crippen molar-refractivity contribution in [2.75, 3.05) is 17.2 Å². The number of aryl methyl sites for hydroxylation is 1. The topological polar surface area (TPSA) is 84.5 Å². The standard InChI is InChI=1S/C25H24N2O4/c1-2-18-11-8-12-20(15-18)26-24(29)17-31-25(30)21-13-6-7-14-22(21)27-23(28)16-19-9-4-3-5-10-19/h3-15H,2,16-17H2,1H3,(H,26,29)(H,27,28). The quantitative estimate of drug-likeness (QED) is 0.539. The normalized spacial score (nSPS) is 10.2. The summed E-state index contributed by atoms with van der Waals surface area (Å²) in [5.74, 6) is -1.37. The molecule has 0 saturated heterocycles. The summed E-state index contributed by atoms with van der Waals surface area (Å²) in [7, 11) is 0. The van der Waals surface area contributed by atoms with E-state index >= 15 is 0 Å². The average Bonchev–Trinajstić information content (AvgIpc) is 2.78. The van der Waals surface area contributed by atoms with Gasteiger partial charge < -0.3 is 15.4 Å². The molecule has 3 rings (SSSR count). The van der Waals surface area contributed by atoms with E-state index in [1.54, 1.807) is 30.3 Å². The lowest BCUT2D eigenvalue weighted by atomic mass is 10.1. The molecule has 31 heavy (non-hydrogen) atoms. The number of amides is 2. The van der Waals surface area contributed by atoms with Gasteiger partial charge in [0.2, 0.25) is 5.91 Å². The van der Waals surface area contributed by atoms with Crippen LogP contribution in [-0.4, -0.2) is 24.4 Å². The van der Waals surface area contributed by atoms with Gasteiger partial charge in [-0.3, -0.25) is 9.59 Å². The highest BCUT2D eigenvalue weighted by Gasteiger charge is 2.16. The van der Waals surface area contributed by atoms with Crippen LogP contribution in [-0.2, 0) is 27.2 Å². The van der Waals surface area contributed by atoms with Gasteiger partial charge in [0.25, 0.3) is 5.91 Å². The van der Waals surface area contributed by atoms with Crippen molar-refractivity contribution in [2.24, 2.45) is 0 Å². The van der Waals surface area contributed by atoms with Crippen molar-refractivity contribution in [3.63, 3.8) is 0 Å². The molecule has 0 atom stereocenters. The molecule has 6 heteroatoms. The molecule has 0 aliphatic heterocycles. The minimum absolute atomic E-state index is 0.184. The van der Waals surface area contributed by atoms with Gasteiger partial charge >= 0.3 is 5.97 Å². The molecular weight excluding hydrogens is 392 g/mol. The van der Waals surface area contributed by atoms with Gasteiger partial charge in [0.15, 0.2) is 6.61 Å². The fraction of sp³-hybridized carbons (Fsp3) is 0.160. The van der Waals surface area contributed by atoms with Crippen LogP contribution in [0.15, 0.2) is 78.9 Å². The first-order chi connectivity index (χ1) is 15.0. The summed E-state index contributed by atoms with van der Waals surface area (Å²) in [4.78, 5) is 37.0. The SMILES string of the molecule is CCc1cccc(NC(=O)COC(=O)c2ccccc2NC(=O)Cc2ccccc2)c1. The first kappa shape index (κ1) is 21.8. The molecule has 3 aromatic carbocycles. The Morgan fingerprint density at radius 3 is 2.26 bits per heavy atom. The zero-order chi connectivity index (χ0) is 22.1. The molecule has 0 bridgehead atoms. The highest BCUT2D eigenvalue weighted by molar-refractivity contribution is 6.02. The highest BCUT2D eigenvalue weighted by atomic mass is 16.5. The Morgan fingerprint density at radius 2 is 1.48 bits per heavy atom. The zero-order valence-electron chi connectivity index (χ0n) is 17.3. The van der Waals surface area contributed by atoms with Gasteiger partial charge in [-0.05, 0) is 41.8 Å². The molecule has 2 amide bonds. The molecule has 0 spiro atoms. The number of hydrogen-bond donors (Lipinski definition) is 2. The van der Waals surface area contributed by atoms with E-state index in [-0.39, 0.29) is 17.9 Å².